The molecule has 90 valence electrons. The van der Waals surface area contributed by atoms with E-state index in [4.69, 9.17) is 0 Å². The molecule has 0 unspecified atom stereocenters. The molecular weight excluding hydrogens is 214 g/mol. The third-order valence-corrected chi connectivity index (χ3v) is 3.08. The van der Waals surface area contributed by atoms with E-state index in [2.05, 4.69) is 6.07 Å². The summed E-state index contributed by atoms with van der Waals surface area (Å²) in [4.78, 5) is 25.1. The SMILES string of the molecule is Cc1cc(C)cc(C(=O)N2CCC(=O)CC2)c1. The standard InChI is InChI=1S/C14H17NO2/c1-10-7-11(2)9-12(8-10)14(17)15-5-3-13(16)4-6-15/h7-9H,3-6H2,1-2H3. The number of hydrogen-bond acceptors (Lipinski definition) is 2. The van der Waals surface area contributed by atoms with E-state index in [-0.39, 0.29) is 11.7 Å². The van der Waals surface area contributed by atoms with Crippen molar-refractivity contribution in [3.63, 3.8) is 0 Å². The lowest BCUT2D eigenvalue weighted by atomic mass is 10.0. The summed E-state index contributed by atoms with van der Waals surface area (Å²) >= 11 is 0. The Morgan fingerprint density at radius 1 is 1.06 bits per heavy atom. The molecular formula is C14H17NO2. The van der Waals surface area contributed by atoms with Crippen molar-refractivity contribution in [3.8, 4) is 0 Å². The lowest BCUT2D eigenvalue weighted by Gasteiger charge is -2.26. The highest BCUT2D eigenvalue weighted by atomic mass is 16.2. The molecule has 0 spiro atoms. The molecule has 17 heavy (non-hydrogen) atoms. The number of likely N-dealkylation sites (tertiary alicyclic amines) is 1. The second-order valence-corrected chi connectivity index (χ2v) is 4.71. The van der Waals surface area contributed by atoms with E-state index in [1.807, 2.05) is 26.0 Å². The normalized spacial score (nSPS) is 16.1. The first-order valence-electron chi connectivity index (χ1n) is 5.95. The number of piperidine rings is 1. The van der Waals surface area contributed by atoms with E-state index in [1.165, 1.54) is 0 Å². The van der Waals surface area contributed by atoms with Crippen molar-refractivity contribution in [3.05, 3.63) is 34.9 Å². The summed E-state index contributed by atoms with van der Waals surface area (Å²) in [6.45, 7) is 5.10. The molecule has 2 rings (SSSR count). The van der Waals surface area contributed by atoms with E-state index < -0.39 is 0 Å². The van der Waals surface area contributed by atoms with Crippen molar-refractivity contribution >= 4 is 11.7 Å². The number of nitrogens with zero attached hydrogens (tertiary/aromatic N) is 1. The van der Waals surface area contributed by atoms with Gasteiger partial charge in [-0.05, 0) is 26.0 Å². The molecule has 1 fully saturated rings. The van der Waals surface area contributed by atoms with Crippen LogP contribution in [0.2, 0.25) is 0 Å². The predicted molar refractivity (Wildman–Crippen MR) is 66.1 cm³/mol. The van der Waals surface area contributed by atoms with E-state index >= 15 is 0 Å². The summed E-state index contributed by atoms with van der Waals surface area (Å²) in [5, 5.41) is 0. The maximum absolute atomic E-state index is 12.2. The molecule has 0 saturated carbocycles. The van der Waals surface area contributed by atoms with Crippen LogP contribution in [0.4, 0.5) is 0 Å². The van der Waals surface area contributed by atoms with Crippen LogP contribution in [-0.4, -0.2) is 29.7 Å². The number of ketones is 1. The second-order valence-electron chi connectivity index (χ2n) is 4.71. The van der Waals surface area contributed by atoms with E-state index in [0.29, 0.717) is 25.9 Å². The zero-order chi connectivity index (χ0) is 12.4. The molecule has 3 nitrogen and oxygen atoms in total. The third-order valence-electron chi connectivity index (χ3n) is 3.08. The first kappa shape index (κ1) is 11.8. The summed E-state index contributed by atoms with van der Waals surface area (Å²) in [5.74, 6) is 0.304. The van der Waals surface area contributed by atoms with E-state index in [1.54, 1.807) is 4.90 Å². The molecule has 0 atom stereocenters. The number of aryl methyl sites for hydroxylation is 2. The van der Waals surface area contributed by atoms with Crippen LogP contribution in [0.3, 0.4) is 0 Å². The molecule has 3 heteroatoms. The highest BCUT2D eigenvalue weighted by molar-refractivity contribution is 5.95. The van der Waals surface area contributed by atoms with Crippen LogP contribution in [-0.2, 0) is 4.79 Å². The monoisotopic (exact) mass is 231 g/mol. The van der Waals surface area contributed by atoms with Gasteiger partial charge >= 0.3 is 0 Å². The zero-order valence-corrected chi connectivity index (χ0v) is 10.3. The maximum Gasteiger partial charge on any atom is 0.253 e. The maximum atomic E-state index is 12.2. The summed E-state index contributed by atoms with van der Waals surface area (Å²) in [7, 11) is 0. The summed E-state index contributed by atoms with van der Waals surface area (Å²) in [6, 6.07) is 5.87. The molecule has 0 N–H and O–H groups in total. The van der Waals surface area contributed by atoms with Gasteiger partial charge in [-0.3, -0.25) is 9.59 Å². The van der Waals surface area contributed by atoms with Crippen molar-refractivity contribution < 1.29 is 9.59 Å². The van der Waals surface area contributed by atoms with Gasteiger partial charge in [-0.2, -0.15) is 0 Å². The zero-order valence-electron chi connectivity index (χ0n) is 10.3. The molecule has 0 radical (unpaired) electrons. The molecule has 1 heterocycles. The second kappa shape index (κ2) is 4.70. The van der Waals surface area contributed by atoms with Crippen molar-refractivity contribution in [1.29, 1.82) is 0 Å². The van der Waals surface area contributed by atoms with Gasteiger partial charge in [0.2, 0.25) is 0 Å². The molecule has 1 amide bonds. The molecule has 1 saturated heterocycles. The molecule has 0 aromatic heterocycles. The van der Waals surface area contributed by atoms with Crippen molar-refractivity contribution in [1.82, 2.24) is 4.90 Å². The van der Waals surface area contributed by atoms with Gasteiger partial charge in [-0.1, -0.05) is 17.2 Å². The Bertz CT molecular complexity index is 435. The molecule has 1 aromatic carbocycles. The summed E-state index contributed by atoms with van der Waals surface area (Å²) in [6.07, 6.45) is 0.993. The molecule has 1 aliphatic rings. The number of carbonyl (C=O) groups excluding carboxylic acids is 2. The van der Waals surface area contributed by atoms with Gasteiger partial charge in [0, 0.05) is 31.5 Å². The van der Waals surface area contributed by atoms with Crippen molar-refractivity contribution in [2.45, 2.75) is 26.7 Å². The molecule has 1 aromatic rings. The van der Waals surface area contributed by atoms with E-state index in [9.17, 15) is 9.59 Å². The lowest BCUT2D eigenvalue weighted by Crippen LogP contribution is -2.38. The minimum Gasteiger partial charge on any atom is -0.338 e. The predicted octanol–water partition coefficient (Wildman–Crippen LogP) is 2.11. The lowest BCUT2D eigenvalue weighted by molar-refractivity contribution is -0.120. The number of rotatable bonds is 1. The fourth-order valence-corrected chi connectivity index (χ4v) is 2.24. The smallest absolute Gasteiger partial charge is 0.253 e. The van der Waals surface area contributed by atoms with Crippen LogP contribution in [0.25, 0.3) is 0 Å². The fraction of sp³-hybridized carbons (Fsp3) is 0.429. The topological polar surface area (TPSA) is 37.4 Å². The van der Waals surface area contributed by atoms with Crippen LogP contribution in [0.1, 0.15) is 34.3 Å². The van der Waals surface area contributed by atoms with Crippen LogP contribution in [0, 0.1) is 13.8 Å². The van der Waals surface area contributed by atoms with Gasteiger partial charge in [0.1, 0.15) is 5.78 Å². The Kier molecular flexibility index (Phi) is 3.27. The highest BCUT2D eigenvalue weighted by Gasteiger charge is 2.21. The highest BCUT2D eigenvalue weighted by Crippen LogP contribution is 2.14. The average Bonchev–Trinajstić information content (AvgIpc) is 2.28. The van der Waals surface area contributed by atoms with Crippen LogP contribution >= 0.6 is 0 Å². The fourth-order valence-electron chi connectivity index (χ4n) is 2.24. The summed E-state index contributed by atoms with van der Waals surface area (Å²) in [5.41, 5.74) is 2.93. The van der Waals surface area contributed by atoms with E-state index in [0.717, 1.165) is 16.7 Å². The van der Waals surface area contributed by atoms with Crippen LogP contribution in [0.15, 0.2) is 18.2 Å². The number of Topliss-reactive ketones (excluding diaryl/α,β-unsaturated/α-hetero) is 1. The van der Waals surface area contributed by atoms with Gasteiger partial charge < -0.3 is 4.90 Å². The molecule has 0 aliphatic carbocycles. The van der Waals surface area contributed by atoms with Gasteiger partial charge in [0.25, 0.3) is 5.91 Å². The minimum atomic E-state index is 0.0456. The largest absolute Gasteiger partial charge is 0.338 e. The van der Waals surface area contributed by atoms with Gasteiger partial charge in [0.05, 0.1) is 0 Å². The number of hydrogen-bond donors (Lipinski definition) is 0. The van der Waals surface area contributed by atoms with Gasteiger partial charge in [-0.15, -0.1) is 0 Å². The quantitative estimate of drug-likeness (QED) is 0.742. The Hall–Kier alpha value is -1.64. The molecule has 1 aliphatic heterocycles. The number of benzene rings is 1. The Morgan fingerprint density at radius 3 is 2.12 bits per heavy atom. The van der Waals surface area contributed by atoms with Crippen LogP contribution < -0.4 is 0 Å². The number of carbonyl (C=O) groups is 2. The van der Waals surface area contributed by atoms with Crippen molar-refractivity contribution in [2.75, 3.05) is 13.1 Å². The van der Waals surface area contributed by atoms with Gasteiger partial charge in [0.15, 0.2) is 0 Å². The minimum absolute atomic E-state index is 0.0456. The molecule has 0 bridgehead atoms. The third kappa shape index (κ3) is 2.73. The number of amides is 1. The first-order valence-corrected chi connectivity index (χ1v) is 5.95. The summed E-state index contributed by atoms with van der Waals surface area (Å²) < 4.78 is 0. The van der Waals surface area contributed by atoms with Crippen LogP contribution in [0.5, 0.6) is 0 Å². The Labute approximate surface area is 101 Å². The Balaban J connectivity index is 2.16. The van der Waals surface area contributed by atoms with Gasteiger partial charge in [-0.25, -0.2) is 0 Å². The van der Waals surface area contributed by atoms with Crippen molar-refractivity contribution in [2.24, 2.45) is 0 Å². The Morgan fingerprint density at radius 2 is 1.59 bits per heavy atom. The average molecular weight is 231 g/mol. The first-order chi connectivity index (χ1) is 8.06.